The molecule has 0 bridgehead atoms. The second-order valence-electron chi connectivity index (χ2n) is 5.00. The Bertz CT molecular complexity index is 213. The molecule has 2 nitrogen and oxygen atoms in total. The minimum atomic E-state index is 0.650. The molecular formula is C14H28N2. The van der Waals surface area contributed by atoms with Crippen LogP contribution in [0.5, 0.6) is 0 Å². The molecule has 0 aliphatic heterocycles. The summed E-state index contributed by atoms with van der Waals surface area (Å²) >= 11 is 0. The molecule has 16 heavy (non-hydrogen) atoms. The maximum Gasteiger partial charge on any atom is 0.102 e. The van der Waals surface area contributed by atoms with Crippen molar-refractivity contribution < 1.29 is 0 Å². The number of hydrogen-bond acceptors (Lipinski definition) is 1. The van der Waals surface area contributed by atoms with Crippen molar-refractivity contribution >= 4 is 5.84 Å². The van der Waals surface area contributed by atoms with E-state index in [9.17, 15) is 0 Å². The highest BCUT2D eigenvalue weighted by atomic mass is 15.2. The molecule has 0 N–H and O–H groups in total. The van der Waals surface area contributed by atoms with Crippen LogP contribution < -0.4 is 0 Å². The van der Waals surface area contributed by atoms with E-state index in [2.05, 4.69) is 30.8 Å². The van der Waals surface area contributed by atoms with E-state index >= 15 is 0 Å². The van der Waals surface area contributed by atoms with Gasteiger partial charge >= 0.3 is 0 Å². The van der Waals surface area contributed by atoms with Crippen molar-refractivity contribution in [2.45, 2.75) is 64.8 Å². The normalized spacial score (nSPS) is 19.2. The highest BCUT2D eigenvalue weighted by molar-refractivity contribution is 5.84. The molecule has 0 atom stereocenters. The first-order chi connectivity index (χ1) is 7.74. The van der Waals surface area contributed by atoms with E-state index in [-0.39, 0.29) is 0 Å². The molecule has 0 aromatic carbocycles. The first-order valence-corrected chi connectivity index (χ1v) is 6.94. The van der Waals surface area contributed by atoms with Gasteiger partial charge < -0.3 is 4.90 Å². The largest absolute Gasteiger partial charge is 0.360 e. The molecule has 0 heterocycles. The average molecular weight is 224 g/mol. The van der Waals surface area contributed by atoms with E-state index in [4.69, 9.17) is 0 Å². The molecule has 1 aliphatic rings. The number of nitrogens with zero attached hydrogens (tertiary/aromatic N) is 2. The summed E-state index contributed by atoms with van der Waals surface area (Å²) in [4.78, 5) is 7.02. The first kappa shape index (κ1) is 13.5. The Morgan fingerprint density at radius 3 is 2.19 bits per heavy atom. The van der Waals surface area contributed by atoms with Gasteiger partial charge in [-0.2, -0.15) is 0 Å². The fourth-order valence-electron chi connectivity index (χ4n) is 2.94. The van der Waals surface area contributed by atoms with Crippen LogP contribution in [0.25, 0.3) is 0 Å². The summed E-state index contributed by atoms with van der Waals surface area (Å²) in [6, 6.07) is 0.744. The molecule has 1 fully saturated rings. The predicted octanol–water partition coefficient (Wildman–Crippen LogP) is 3.72. The highest BCUT2D eigenvalue weighted by Gasteiger charge is 2.23. The fraction of sp³-hybridized carbons (Fsp3) is 0.929. The molecule has 1 aliphatic carbocycles. The molecule has 1 saturated carbocycles. The van der Waals surface area contributed by atoms with Gasteiger partial charge in [0.1, 0.15) is 5.84 Å². The minimum Gasteiger partial charge on any atom is -0.360 e. The van der Waals surface area contributed by atoms with Crippen LogP contribution in [0.3, 0.4) is 0 Å². The summed E-state index contributed by atoms with van der Waals surface area (Å²) in [7, 11) is 4.20. The van der Waals surface area contributed by atoms with Crippen molar-refractivity contribution in [1.82, 2.24) is 4.90 Å². The van der Waals surface area contributed by atoms with Crippen LogP contribution in [0.4, 0.5) is 0 Å². The lowest BCUT2D eigenvalue weighted by molar-refractivity contribution is 0.266. The lowest BCUT2D eigenvalue weighted by Gasteiger charge is -2.36. The predicted molar refractivity (Wildman–Crippen MR) is 72.1 cm³/mol. The van der Waals surface area contributed by atoms with Gasteiger partial charge in [-0.15, -0.1) is 0 Å². The Morgan fingerprint density at radius 1 is 1.19 bits per heavy atom. The highest BCUT2D eigenvalue weighted by Crippen LogP contribution is 2.24. The molecule has 94 valence electrons. The van der Waals surface area contributed by atoms with Gasteiger partial charge in [-0.05, 0) is 25.7 Å². The number of aliphatic imine (C=N–C) groups is 1. The Labute approximate surface area is 101 Å². The maximum absolute atomic E-state index is 4.55. The third-order valence-corrected chi connectivity index (χ3v) is 4.06. The lowest BCUT2D eigenvalue weighted by atomic mass is 9.92. The van der Waals surface area contributed by atoms with Crippen molar-refractivity contribution in [1.29, 1.82) is 0 Å². The van der Waals surface area contributed by atoms with E-state index in [1.54, 1.807) is 0 Å². The summed E-state index contributed by atoms with van der Waals surface area (Å²) < 4.78 is 0. The van der Waals surface area contributed by atoms with Gasteiger partial charge in [0.05, 0.1) is 0 Å². The minimum absolute atomic E-state index is 0.650. The molecule has 0 saturated heterocycles. The molecule has 0 spiro atoms. The fourth-order valence-corrected chi connectivity index (χ4v) is 2.94. The second kappa shape index (κ2) is 6.93. The van der Waals surface area contributed by atoms with Crippen LogP contribution in [0, 0.1) is 5.92 Å². The van der Waals surface area contributed by atoms with Gasteiger partial charge in [0.15, 0.2) is 0 Å². The van der Waals surface area contributed by atoms with E-state index in [1.165, 1.54) is 50.8 Å². The van der Waals surface area contributed by atoms with Gasteiger partial charge in [0.2, 0.25) is 0 Å². The quantitative estimate of drug-likeness (QED) is 0.525. The van der Waals surface area contributed by atoms with Crippen LogP contribution in [0.1, 0.15) is 58.8 Å². The van der Waals surface area contributed by atoms with Gasteiger partial charge in [0.25, 0.3) is 0 Å². The topological polar surface area (TPSA) is 15.6 Å². The van der Waals surface area contributed by atoms with Gasteiger partial charge in [-0.25, -0.2) is 0 Å². The third kappa shape index (κ3) is 3.23. The van der Waals surface area contributed by atoms with Crippen LogP contribution in [0.15, 0.2) is 4.99 Å². The summed E-state index contributed by atoms with van der Waals surface area (Å²) in [5.41, 5.74) is 0. The molecule has 0 aromatic heterocycles. The van der Waals surface area contributed by atoms with Crippen molar-refractivity contribution in [3.05, 3.63) is 0 Å². The van der Waals surface area contributed by atoms with Crippen LogP contribution in [-0.2, 0) is 0 Å². The van der Waals surface area contributed by atoms with Crippen LogP contribution >= 0.6 is 0 Å². The monoisotopic (exact) mass is 224 g/mol. The SMILES string of the molecule is CCC(CC)C(=NC)N(C)C1CCCCC1. The number of amidine groups is 1. The molecule has 2 heteroatoms. The zero-order valence-corrected chi connectivity index (χ0v) is 11.5. The van der Waals surface area contributed by atoms with E-state index in [0.717, 1.165) is 6.04 Å². The average Bonchev–Trinajstić information content (AvgIpc) is 2.36. The third-order valence-electron chi connectivity index (χ3n) is 4.06. The van der Waals surface area contributed by atoms with E-state index in [0.29, 0.717) is 5.92 Å². The molecule has 1 rings (SSSR count). The lowest BCUT2D eigenvalue weighted by Crippen LogP contribution is -2.41. The summed E-state index contributed by atoms with van der Waals surface area (Å²) in [6.07, 6.45) is 9.35. The molecular weight excluding hydrogens is 196 g/mol. The zero-order valence-electron chi connectivity index (χ0n) is 11.5. The maximum atomic E-state index is 4.55. The molecule has 0 aromatic rings. The summed E-state index contributed by atoms with van der Waals surface area (Å²) in [5.74, 6) is 1.98. The Balaban J connectivity index is 2.64. The molecule has 0 amide bonds. The van der Waals surface area contributed by atoms with Crippen molar-refractivity contribution in [2.75, 3.05) is 14.1 Å². The van der Waals surface area contributed by atoms with Crippen molar-refractivity contribution in [2.24, 2.45) is 10.9 Å². The second-order valence-corrected chi connectivity index (χ2v) is 5.00. The summed E-state index contributed by atoms with van der Waals surface area (Å²) in [5, 5.41) is 0. The van der Waals surface area contributed by atoms with Gasteiger partial charge in [-0.1, -0.05) is 33.1 Å². The summed E-state index contributed by atoms with van der Waals surface area (Å²) in [6.45, 7) is 4.54. The van der Waals surface area contributed by atoms with E-state index < -0.39 is 0 Å². The van der Waals surface area contributed by atoms with E-state index in [1.807, 2.05) is 7.05 Å². The van der Waals surface area contributed by atoms with Gasteiger partial charge in [0, 0.05) is 26.1 Å². The first-order valence-electron chi connectivity index (χ1n) is 6.94. The smallest absolute Gasteiger partial charge is 0.102 e. The number of rotatable bonds is 4. The standard InChI is InChI=1S/C14H28N2/c1-5-12(6-2)14(15-3)16(4)13-10-8-7-9-11-13/h12-13H,5-11H2,1-4H3. The van der Waals surface area contributed by atoms with Crippen LogP contribution in [0.2, 0.25) is 0 Å². The Morgan fingerprint density at radius 2 is 1.75 bits per heavy atom. The zero-order chi connectivity index (χ0) is 12.0. The Hall–Kier alpha value is -0.530. The van der Waals surface area contributed by atoms with Gasteiger partial charge in [-0.3, -0.25) is 4.99 Å². The van der Waals surface area contributed by atoms with Crippen LogP contribution in [-0.4, -0.2) is 30.9 Å². The molecule has 0 radical (unpaired) electrons. The number of hydrogen-bond donors (Lipinski definition) is 0. The Kier molecular flexibility index (Phi) is 5.86. The molecule has 0 unspecified atom stereocenters. The van der Waals surface area contributed by atoms with Crippen molar-refractivity contribution in [3.63, 3.8) is 0 Å². The van der Waals surface area contributed by atoms with Crippen molar-refractivity contribution in [3.8, 4) is 0 Å².